The molecule has 1 rings (SSSR count). The van der Waals surface area contributed by atoms with E-state index in [1.54, 1.807) is 6.08 Å². The Morgan fingerprint density at radius 1 is 1.33 bits per heavy atom. The Morgan fingerprint density at radius 3 is 2.78 bits per heavy atom. The Hall–Kier alpha value is -1.52. The third kappa shape index (κ3) is 6.27. The van der Waals surface area contributed by atoms with Crippen molar-refractivity contribution in [3.8, 4) is 0 Å². The molecule has 18 heavy (non-hydrogen) atoms. The van der Waals surface area contributed by atoms with Crippen molar-refractivity contribution in [1.82, 2.24) is 0 Å². The molecule has 0 aromatic heterocycles. The van der Waals surface area contributed by atoms with Gasteiger partial charge in [0.15, 0.2) is 0 Å². The van der Waals surface area contributed by atoms with E-state index in [0.717, 1.165) is 5.56 Å². The van der Waals surface area contributed by atoms with Crippen molar-refractivity contribution < 1.29 is 9.47 Å². The van der Waals surface area contributed by atoms with E-state index in [0.29, 0.717) is 26.2 Å². The Labute approximate surface area is 108 Å². The summed E-state index contributed by atoms with van der Waals surface area (Å²) in [7, 11) is 0. The molecular weight excluding hydrogens is 230 g/mol. The van der Waals surface area contributed by atoms with Crippen LogP contribution in [0, 0.1) is 4.91 Å². The van der Waals surface area contributed by atoms with Gasteiger partial charge in [-0.05, 0) is 12.0 Å². The summed E-state index contributed by atoms with van der Waals surface area (Å²) >= 11 is 0. The molecule has 4 nitrogen and oxygen atoms in total. The minimum Gasteiger partial charge on any atom is -0.374 e. The van der Waals surface area contributed by atoms with E-state index in [1.807, 2.05) is 30.3 Å². The summed E-state index contributed by atoms with van der Waals surface area (Å²) in [6.45, 7) is 5.50. The van der Waals surface area contributed by atoms with Gasteiger partial charge in [-0.2, -0.15) is 4.91 Å². The molecule has 4 heteroatoms. The van der Waals surface area contributed by atoms with Crippen molar-refractivity contribution in [3.63, 3.8) is 0 Å². The summed E-state index contributed by atoms with van der Waals surface area (Å²) in [5, 5.41) is 2.77. The number of nitroso groups, excluding NO2 is 1. The van der Waals surface area contributed by atoms with E-state index < -0.39 is 0 Å². The standard InChI is InChI=1S/C14H19NO3/c1-2-14(18-10-6-9-15-16)12-17-11-13-7-4-3-5-8-13/h2-5,7-8,14H,1,6,9-12H2. The molecule has 1 unspecified atom stereocenters. The van der Waals surface area contributed by atoms with E-state index in [-0.39, 0.29) is 12.6 Å². The number of hydrogen-bond acceptors (Lipinski definition) is 4. The number of rotatable bonds is 10. The summed E-state index contributed by atoms with van der Waals surface area (Å²) in [4.78, 5) is 9.90. The average Bonchev–Trinajstić information content (AvgIpc) is 2.42. The summed E-state index contributed by atoms with van der Waals surface area (Å²) in [6.07, 6.45) is 2.20. The van der Waals surface area contributed by atoms with Crippen LogP contribution in [-0.4, -0.2) is 25.9 Å². The van der Waals surface area contributed by atoms with E-state index in [2.05, 4.69) is 11.8 Å². The summed E-state index contributed by atoms with van der Waals surface area (Å²) in [6, 6.07) is 9.96. The largest absolute Gasteiger partial charge is 0.374 e. The first-order chi connectivity index (χ1) is 8.86. The summed E-state index contributed by atoms with van der Waals surface area (Å²) in [5.74, 6) is 0. The molecule has 0 saturated heterocycles. The first kappa shape index (κ1) is 14.5. The third-order valence-corrected chi connectivity index (χ3v) is 2.38. The van der Waals surface area contributed by atoms with Crippen molar-refractivity contribution in [2.45, 2.75) is 19.1 Å². The Kier molecular flexibility index (Phi) is 7.68. The quantitative estimate of drug-likeness (QED) is 0.364. The zero-order valence-electron chi connectivity index (χ0n) is 10.5. The van der Waals surface area contributed by atoms with Gasteiger partial charge in [0.25, 0.3) is 0 Å². The Morgan fingerprint density at radius 2 is 2.11 bits per heavy atom. The van der Waals surface area contributed by atoms with Crippen LogP contribution in [0.2, 0.25) is 0 Å². The molecule has 0 radical (unpaired) electrons. The van der Waals surface area contributed by atoms with Gasteiger partial charge in [0, 0.05) is 6.61 Å². The van der Waals surface area contributed by atoms with E-state index in [4.69, 9.17) is 9.47 Å². The van der Waals surface area contributed by atoms with Gasteiger partial charge in [0.1, 0.15) is 0 Å². The van der Waals surface area contributed by atoms with Crippen LogP contribution in [0.3, 0.4) is 0 Å². The monoisotopic (exact) mass is 249 g/mol. The molecule has 0 aliphatic rings. The molecule has 0 bridgehead atoms. The smallest absolute Gasteiger partial charge is 0.0986 e. The lowest BCUT2D eigenvalue weighted by atomic mass is 10.2. The van der Waals surface area contributed by atoms with Crippen molar-refractivity contribution in [3.05, 3.63) is 53.5 Å². The fraction of sp³-hybridized carbons (Fsp3) is 0.429. The normalized spacial score (nSPS) is 12.0. The Balaban J connectivity index is 2.15. The highest BCUT2D eigenvalue weighted by atomic mass is 16.5. The molecule has 98 valence electrons. The van der Waals surface area contributed by atoms with Crippen molar-refractivity contribution in [2.24, 2.45) is 5.18 Å². The van der Waals surface area contributed by atoms with Gasteiger partial charge in [-0.15, -0.1) is 6.58 Å². The topological polar surface area (TPSA) is 47.9 Å². The molecule has 0 saturated carbocycles. The van der Waals surface area contributed by atoms with Crippen molar-refractivity contribution >= 4 is 0 Å². The lowest BCUT2D eigenvalue weighted by Gasteiger charge is -2.13. The molecule has 0 aliphatic carbocycles. The molecule has 0 fully saturated rings. The van der Waals surface area contributed by atoms with Gasteiger partial charge in [0.2, 0.25) is 0 Å². The van der Waals surface area contributed by atoms with Gasteiger partial charge in [0.05, 0.1) is 25.9 Å². The van der Waals surface area contributed by atoms with Gasteiger partial charge >= 0.3 is 0 Å². The minimum absolute atomic E-state index is 0.139. The van der Waals surface area contributed by atoms with Crippen LogP contribution in [0.5, 0.6) is 0 Å². The predicted octanol–water partition coefficient (Wildman–Crippen LogP) is 2.93. The predicted molar refractivity (Wildman–Crippen MR) is 71.3 cm³/mol. The number of hydrogen-bond donors (Lipinski definition) is 0. The first-order valence-corrected chi connectivity index (χ1v) is 6.01. The van der Waals surface area contributed by atoms with Gasteiger partial charge in [-0.25, -0.2) is 0 Å². The zero-order chi connectivity index (χ0) is 13.1. The molecule has 0 heterocycles. The first-order valence-electron chi connectivity index (χ1n) is 6.01. The summed E-state index contributed by atoms with van der Waals surface area (Å²) < 4.78 is 11.0. The number of nitrogens with zero attached hydrogens (tertiary/aromatic N) is 1. The van der Waals surface area contributed by atoms with Crippen LogP contribution >= 0.6 is 0 Å². The molecule has 1 atom stereocenters. The maximum atomic E-state index is 9.90. The third-order valence-electron chi connectivity index (χ3n) is 2.38. The molecule has 0 N–H and O–H groups in total. The highest BCUT2D eigenvalue weighted by Gasteiger charge is 2.04. The van der Waals surface area contributed by atoms with Crippen molar-refractivity contribution in [1.29, 1.82) is 0 Å². The molecule has 0 spiro atoms. The van der Waals surface area contributed by atoms with Crippen LogP contribution in [0.4, 0.5) is 0 Å². The highest BCUT2D eigenvalue weighted by molar-refractivity contribution is 5.13. The maximum Gasteiger partial charge on any atom is 0.0986 e. The zero-order valence-corrected chi connectivity index (χ0v) is 10.5. The summed E-state index contributed by atoms with van der Waals surface area (Å²) in [5.41, 5.74) is 1.13. The number of ether oxygens (including phenoxy) is 2. The van der Waals surface area contributed by atoms with Gasteiger partial charge in [-0.3, -0.25) is 0 Å². The SMILES string of the molecule is C=CC(COCc1ccccc1)OCCCN=O. The van der Waals surface area contributed by atoms with Crippen LogP contribution < -0.4 is 0 Å². The average molecular weight is 249 g/mol. The second-order valence-corrected chi connectivity index (χ2v) is 3.85. The molecular formula is C14H19NO3. The van der Waals surface area contributed by atoms with Gasteiger partial charge in [-0.1, -0.05) is 41.6 Å². The fourth-order valence-electron chi connectivity index (χ4n) is 1.42. The van der Waals surface area contributed by atoms with Crippen molar-refractivity contribution in [2.75, 3.05) is 19.8 Å². The molecule has 0 amide bonds. The van der Waals surface area contributed by atoms with Crippen LogP contribution in [-0.2, 0) is 16.1 Å². The lowest BCUT2D eigenvalue weighted by molar-refractivity contribution is 0.00228. The van der Waals surface area contributed by atoms with E-state index in [9.17, 15) is 4.91 Å². The Bertz CT molecular complexity index is 340. The van der Waals surface area contributed by atoms with Crippen LogP contribution in [0.15, 0.2) is 48.2 Å². The fourth-order valence-corrected chi connectivity index (χ4v) is 1.42. The van der Waals surface area contributed by atoms with E-state index >= 15 is 0 Å². The maximum absolute atomic E-state index is 9.90. The molecule has 1 aromatic carbocycles. The second-order valence-electron chi connectivity index (χ2n) is 3.85. The van der Waals surface area contributed by atoms with Crippen LogP contribution in [0.25, 0.3) is 0 Å². The molecule has 0 aliphatic heterocycles. The number of benzene rings is 1. The van der Waals surface area contributed by atoms with E-state index in [1.165, 1.54) is 0 Å². The molecule has 1 aromatic rings. The second kappa shape index (κ2) is 9.50. The lowest BCUT2D eigenvalue weighted by Crippen LogP contribution is -2.18. The highest BCUT2D eigenvalue weighted by Crippen LogP contribution is 2.03. The van der Waals surface area contributed by atoms with Gasteiger partial charge < -0.3 is 9.47 Å². The van der Waals surface area contributed by atoms with Crippen LogP contribution in [0.1, 0.15) is 12.0 Å². The minimum atomic E-state index is -0.139.